The van der Waals surface area contributed by atoms with Crippen LogP contribution in [0.2, 0.25) is 0 Å². The number of β-amino-alcohol motifs (C(OH)–C–C–N with tert-alkyl or cyclic N) is 1. The first-order valence-electron chi connectivity index (χ1n) is 40.2. The second-order valence-electron chi connectivity index (χ2n) is 35.9. The maximum absolute atomic E-state index is 15.4. The fourth-order valence-corrected chi connectivity index (χ4v) is 22.6. The van der Waals surface area contributed by atoms with E-state index >= 15 is 4.79 Å². The van der Waals surface area contributed by atoms with Crippen LogP contribution in [0.15, 0.2) is 63.9 Å². The first kappa shape index (κ1) is 92.8. The molecule has 7 heterocycles. The molecule has 654 valence electrons. The third-order valence-electron chi connectivity index (χ3n) is 28.4. The Hall–Kier alpha value is -2.87. The van der Waals surface area contributed by atoms with Gasteiger partial charge in [0.15, 0.2) is 31.3 Å². The van der Waals surface area contributed by atoms with Gasteiger partial charge in [0.05, 0.1) is 67.8 Å². The van der Waals surface area contributed by atoms with Gasteiger partial charge in [-0.2, -0.15) is 13.2 Å². The van der Waals surface area contributed by atoms with Gasteiger partial charge in [-0.05, 0) is 160 Å². The van der Waals surface area contributed by atoms with Gasteiger partial charge in [0.25, 0.3) is 0 Å². The maximum Gasteiger partial charge on any atom is 0.416 e. The number of aliphatic hydroxyl groups is 15. The Morgan fingerprint density at radius 3 is 1.77 bits per heavy atom. The van der Waals surface area contributed by atoms with Crippen LogP contribution >= 0.6 is 36.6 Å². The number of nitrogens with zero attached hydrogens (tertiary/aromatic N) is 3. The summed E-state index contributed by atoms with van der Waals surface area (Å²) in [6, 6.07) is 11.9. The van der Waals surface area contributed by atoms with Crippen LogP contribution in [0.5, 0.6) is 0 Å². The fourth-order valence-electron chi connectivity index (χ4n) is 21.6. The average molecular weight is 1700 g/mol. The molecule has 14 rings (SSSR count). The van der Waals surface area contributed by atoms with Crippen LogP contribution in [0.4, 0.5) is 24.5 Å². The summed E-state index contributed by atoms with van der Waals surface area (Å²) >= 11 is 1.53. The molecular formula is C80H122Cl2F3N3O26S. The molecule has 7 aliphatic heterocycles. The fraction of sp³-hybridized carbons (Fsp3) is 0.812. The molecule has 0 aromatic heterocycles. The lowest BCUT2D eigenvalue weighted by atomic mass is 9.33. The van der Waals surface area contributed by atoms with Gasteiger partial charge in [-0.1, -0.05) is 84.0 Å². The Kier molecular flexibility index (Phi) is 29.2. The molecular weight excluding hydrogens is 1580 g/mol. The lowest BCUT2D eigenvalue weighted by Crippen LogP contribution is -2.68. The van der Waals surface area contributed by atoms with E-state index in [-0.39, 0.29) is 79.0 Å². The Morgan fingerprint density at radius 1 is 0.574 bits per heavy atom. The zero-order valence-corrected chi connectivity index (χ0v) is 69.0. The van der Waals surface area contributed by atoms with Crippen molar-refractivity contribution in [3.05, 3.63) is 59.7 Å². The highest BCUT2D eigenvalue weighted by Gasteiger charge is 2.72. The molecule has 35 heteroatoms. The number of ether oxygens (including phenoxy) is 10. The number of carbonyl (C=O) groups is 1. The van der Waals surface area contributed by atoms with Gasteiger partial charge < -0.3 is 134 Å². The molecule has 6 saturated heterocycles. The number of rotatable bonds is 17. The van der Waals surface area contributed by atoms with Crippen LogP contribution in [-0.4, -0.2) is 318 Å². The summed E-state index contributed by atoms with van der Waals surface area (Å²) in [5.74, 6) is -1.00. The number of alkyl halides is 3. The highest BCUT2D eigenvalue weighted by Crippen LogP contribution is 2.76. The summed E-state index contributed by atoms with van der Waals surface area (Å²) in [4.78, 5) is 24.0. The number of hydrogen-bond donors (Lipinski definition) is 15. The summed E-state index contributed by atoms with van der Waals surface area (Å²) in [7, 11) is 0. The predicted octanol–water partition coefficient (Wildman–Crippen LogP) is 3.24. The van der Waals surface area contributed by atoms with Crippen molar-refractivity contribution in [2.45, 2.75) is 296 Å². The summed E-state index contributed by atoms with van der Waals surface area (Å²) in [5, 5.41) is 162. The number of anilines is 2. The number of para-hydroxylation sites is 1. The highest BCUT2D eigenvalue weighted by atomic mass is 35.5. The van der Waals surface area contributed by atoms with Gasteiger partial charge in [-0.3, -0.25) is 9.69 Å². The molecule has 15 N–H and O–H groups in total. The van der Waals surface area contributed by atoms with E-state index in [2.05, 4.69) is 64.3 Å². The lowest BCUT2D eigenvalue weighted by molar-refractivity contribution is -0.374. The van der Waals surface area contributed by atoms with Crippen molar-refractivity contribution in [2.75, 3.05) is 77.1 Å². The Morgan fingerprint density at radius 2 is 1.14 bits per heavy atom. The zero-order valence-electron chi connectivity index (χ0n) is 66.5. The van der Waals surface area contributed by atoms with Crippen molar-refractivity contribution in [3.8, 4) is 0 Å². The van der Waals surface area contributed by atoms with Crippen LogP contribution in [0.25, 0.3) is 0 Å². The molecule has 10 fully saturated rings. The van der Waals surface area contributed by atoms with E-state index in [1.54, 1.807) is 13.0 Å². The van der Waals surface area contributed by atoms with Gasteiger partial charge in [0, 0.05) is 49.1 Å². The first-order chi connectivity index (χ1) is 53.2. The van der Waals surface area contributed by atoms with Crippen LogP contribution in [-0.2, 0) is 58.3 Å². The number of esters is 1. The van der Waals surface area contributed by atoms with Crippen molar-refractivity contribution in [1.29, 1.82) is 0 Å². The molecule has 0 amide bonds. The smallest absolute Gasteiger partial charge is 0.416 e. The monoisotopic (exact) mass is 1700 g/mol. The topological polar surface area (TPSA) is 423 Å². The summed E-state index contributed by atoms with van der Waals surface area (Å²) in [6.07, 6.45) is -32.7. The molecule has 0 bridgehead atoms. The Bertz CT molecular complexity index is 3640. The second kappa shape index (κ2) is 36.1. The minimum atomic E-state index is -4.35. The summed E-state index contributed by atoms with van der Waals surface area (Å²) < 4.78 is 99.5. The molecule has 32 atom stereocenters. The summed E-state index contributed by atoms with van der Waals surface area (Å²) in [5.41, 5.74) is -1.27. The number of aliphatic hydroxyl groups excluding tert-OH is 15. The van der Waals surface area contributed by atoms with Gasteiger partial charge >= 0.3 is 12.1 Å². The van der Waals surface area contributed by atoms with E-state index in [0.29, 0.717) is 44.5 Å². The lowest BCUT2D eigenvalue weighted by Gasteiger charge is -2.71. The van der Waals surface area contributed by atoms with Crippen molar-refractivity contribution in [1.82, 2.24) is 9.80 Å². The highest BCUT2D eigenvalue weighted by molar-refractivity contribution is 7.99. The SMILES string of the molecule is CC1OC(OC2CCC3(C)C(CCC4(C)C3CC=C3C5CC(C)(C)CCC5(C(=O)OC5OCC(O)C(O)C5OC5OC(C)C(OC6OC(CO)C(O)C(O)C6O)C(O)C5O)C(O)CC34C)C2(C)C)C(O)C(O)C1OC1OCC(O)C(O)C1O.Cl.Cl.OCCN1CCN(CCCN2c3ccccc3Sc3ccc(C(F)(F)F)cc32)CC1. The van der Waals surface area contributed by atoms with E-state index in [0.717, 1.165) is 79.5 Å². The van der Waals surface area contributed by atoms with Gasteiger partial charge in [-0.25, -0.2) is 0 Å². The molecule has 2 aromatic carbocycles. The zero-order chi connectivity index (χ0) is 81.7. The molecule has 29 nitrogen and oxygen atoms in total. The van der Waals surface area contributed by atoms with E-state index in [1.807, 2.05) is 29.2 Å². The molecule has 0 spiro atoms. The molecule has 32 unspecified atom stereocenters. The maximum atomic E-state index is 15.4. The number of carbonyl (C=O) groups excluding carboxylic acids is 1. The van der Waals surface area contributed by atoms with Gasteiger partial charge in [0.2, 0.25) is 6.29 Å². The van der Waals surface area contributed by atoms with Crippen molar-refractivity contribution in [2.24, 2.45) is 50.2 Å². The standard InChI is InChI=1S/C58H94O25.C22H26F3N3OS.2ClH/c1-23-44(80-47-40(69)34(63)27(60)21-74-47)38(67)42(71)48(76-23)79-33-13-14-55(7)30(54(33,5)6)12-15-56(8)31(55)11-10-25-26-18-53(3,4)16-17-58(26,32(62)19-57(25,56)9)52(73)83-51-46(35(64)28(61)22-75-51)82-49-43(72)39(68)45(24(2)77-49)81-50-41(70)37(66)36(65)29(20-59)78-50;23-22(24,25)17-6-7-21-19(16-17)28(18-4-1-2-5-20(18)30-21)9-3-8-26-10-12-27(13-11-26)14-15-29;;/h10,23-24,26-51,59-72H,11-22H2,1-9H3;1-2,4-7,16,29H,3,8-15H2;2*1H. The van der Waals surface area contributed by atoms with Crippen LogP contribution < -0.4 is 4.90 Å². The number of fused-ring (bicyclic) bond motifs is 9. The number of allylic oxidation sites excluding steroid dienone is 2. The predicted molar refractivity (Wildman–Crippen MR) is 410 cm³/mol. The molecule has 4 saturated carbocycles. The number of hydrogen-bond acceptors (Lipinski definition) is 30. The molecule has 115 heavy (non-hydrogen) atoms. The van der Waals surface area contributed by atoms with E-state index in [1.165, 1.54) is 30.8 Å². The minimum Gasteiger partial charge on any atom is -0.432 e. The van der Waals surface area contributed by atoms with Gasteiger partial charge in [0.1, 0.15) is 97.0 Å². The Balaban J connectivity index is 0.000000340. The van der Waals surface area contributed by atoms with Crippen LogP contribution in [0.1, 0.15) is 132 Å². The number of halogens is 5. The van der Waals surface area contributed by atoms with E-state index in [4.69, 9.17) is 52.5 Å². The van der Waals surface area contributed by atoms with Crippen LogP contribution in [0.3, 0.4) is 0 Å². The van der Waals surface area contributed by atoms with Crippen molar-refractivity contribution >= 4 is 53.9 Å². The molecule has 2 aromatic rings. The number of benzene rings is 2. The third kappa shape index (κ3) is 17.5. The van der Waals surface area contributed by atoms with E-state index in [9.17, 15) is 84.7 Å². The minimum absolute atomic E-state index is 0. The quantitative estimate of drug-likeness (QED) is 0.0614. The van der Waals surface area contributed by atoms with Crippen LogP contribution in [0, 0.1) is 50.2 Å². The van der Waals surface area contributed by atoms with Gasteiger partial charge in [-0.15, -0.1) is 24.8 Å². The van der Waals surface area contributed by atoms with Crippen molar-refractivity contribution < 1.29 is 142 Å². The first-order valence-corrected chi connectivity index (χ1v) is 41.0. The van der Waals surface area contributed by atoms with Crippen molar-refractivity contribution in [3.63, 3.8) is 0 Å². The second-order valence-corrected chi connectivity index (χ2v) is 37.0. The molecule has 12 aliphatic rings. The third-order valence-corrected chi connectivity index (χ3v) is 29.5. The molecule has 5 aliphatic carbocycles. The molecule has 0 radical (unpaired) electrons. The summed E-state index contributed by atoms with van der Waals surface area (Å²) in [6.45, 7) is 23.5. The van der Waals surface area contributed by atoms with E-state index < -0.39 is 207 Å². The normalized spacial score (nSPS) is 44.4. The Labute approximate surface area is 685 Å². The largest absolute Gasteiger partial charge is 0.432 e. The number of piperazine rings is 1. The average Bonchev–Trinajstić information content (AvgIpc) is 0.670.